The number of nitrogens with zero attached hydrogens (tertiary/aromatic N) is 1. The van der Waals surface area contributed by atoms with E-state index in [1.165, 1.54) is 27.5 Å². The average Bonchev–Trinajstić information content (AvgIpc) is 2.74. The smallest absolute Gasteiger partial charge is 0.119 e. The van der Waals surface area contributed by atoms with Crippen molar-refractivity contribution in [2.75, 3.05) is 0 Å². The fourth-order valence-corrected chi connectivity index (χ4v) is 3.05. The Bertz CT molecular complexity index is 997. The molecule has 0 fully saturated rings. The van der Waals surface area contributed by atoms with E-state index in [1.54, 1.807) is 6.20 Å². The van der Waals surface area contributed by atoms with Crippen LogP contribution >= 0.6 is 0 Å². The summed E-state index contributed by atoms with van der Waals surface area (Å²) in [6.45, 7) is 2.21. The lowest BCUT2D eigenvalue weighted by atomic mass is 10.1. The van der Waals surface area contributed by atoms with Gasteiger partial charge in [0.05, 0.1) is 0 Å². The highest BCUT2D eigenvalue weighted by Gasteiger charge is 2.00. The number of hydrogen-bond donors (Lipinski definition) is 1. The maximum Gasteiger partial charge on any atom is 0.119 e. The van der Waals surface area contributed by atoms with Gasteiger partial charge in [-0.25, -0.2) is 0 Å². The molecule has 3 aromatic carbocycles. The Labute approximate surface area is 159 Å². The molecule has 1 aromatic heterocycles. The molecule has 0 amide bonds. The van der Waals surface area contributed by atoms with E-state index in [-0.39, 0.29) is 0 Å². The minimum atomic E-state index is 0.573. The number of ether oxygens (including phenoxy) is 1. The van der Waals surface area contributed by atoms with Crippen molar-refractivity contribution in [2.24, 2.45) is 0 Å². The second kappa shape index (κ2) is 8.47. The second-order valence-electron chi connectivity index (χ2n) is 6.58. The minimum absolute atomic E-state index is 0.573. The molecule has 0 aliphatic rings. The number of benzene rings is 3. The van der Waals surface area contributed by atoms with Crippen molar-refractivity contribution < 1.29 is 4.74 Å². The summed E-state index contributed by atoms with van der Waals surface area (Å²) in [4.78, 5) is 4.13. The number of hydrogen-bond acceptors (Lipinski definition) is 3. The number of aromatic nitrogens is 1. The van der Waals surface area contributed by atoms with Gasteiger partial charge in [0.1, 0.15) is 12.4 Å². The first-order chi connectivity index (χ1) is 13.4. The van der Waals surface area contributed by atoms with Crippen molar-refractivity contribution in [3.63, 3.8) is 0 Å². The van der Waals surface area contributed by atoms with Crippen molar-refractivity contribution >= 4 is 10.8 Å². The predicted molar refractivity (Wildman–Crippen MR) is 110 cm³/mol. The lowest BCUT2D eigenvalue weighted by molar-refractivity contribution is 0.306. The lowest BCUT2D eigenvalue weighted by Gasteiger charge is -2.09. The van der Waals surface area contributed by atoms with E-state index in [2.05, 4.69) is 71.0 Å². The Kier molecular flexibility index (Phi) is 5.42. The molecule has 0 bridgehead atoms. The molecule has 3 heteroatoms. The van der Waals surface area contributed by atoms with Crippen molar-refractivity contribution in [1.82, 2.24) is 10.3 Å². The number of pyridine rings is 1. The van der Waals surface area contributed by atoms with Gasteiger partial charge in [-0.1, -0.05) is 54.6 Å². The molecular formula is C24H22N2O. The normalized spacial score (nSPS) is 10.8. The van der Waals surface area contributed by atoms with E-state index < -0.39 is 0 Å². The van der Waals surface area contributed by atoms with E-state index in [0.29, 0.717) is 6.61 Å². The molecule has 1 heterocycles. The largest absolute Gasteiger partial charge is 0.489 e. The van der Waals surface area contributed by atoms with Gasteiger partial charge in [0, 0.05) is 25.5 Å². The molecule has 0 radical (unpaired) electrons. The maximum absolute atomic E-state index is 5.94. The summed E-state index contributed by atoms with van der Waals surface area (Å²) in [7, 11) is 0. The first kappa shape index (κ1) is 17.3. The molecule has 134 valence electrons. The molecule has 3 nitrogen and oxygen atoms in total. The molecule has 0 aliphatic heterocycles. The highest BCUT2D eigenvalue weighted by Crippen LogP contribution is 2.18. The highest BCUT2D eigenvalue weighted by atomic mass is 16.5. The summed E-state index contributed by atoms with van der Waals surface area (Å²) in [5.41, 5.74) is 3.60. The Balaban J connectivity index is 1.29. The Morgan fingerprint density at radius 1 is 0.704 bits per heavy atom. The molecule has 0 aliphatic carbocycles. The molecule has 0 saturated carbocycles. The van der Waals surface area contributed by atoms with E-state index in [1.807, 2.05) is 24.4 Å². The first-order valence-electron chi connectivity index (χ1n) is 9.16. The zero-order valence-corrected chi connectivity index (χ0v) is 15.1. The highest BCUT2D eigenvalue weighted by molar-refractivity contribution is 5.82. The SMILES string of the molecule is c1cncc(CNCc2ccc(OCc3ccc4ccccc4c3)cc2)c1. The van der Waals surface area contributed by atoms with Crippen LogP contribution in [0.1, 0.15) is 16.7 Å². The predicted octanol–water partition coefficient (Wildman–Crippen LogP) is 5.10. The fourth-order valence-electron chi connectivity index (χ4n) is 3.05. The summed E-state index contributed by atoms with van der Waals surface area (Å²) in [6, 6.07) is 27.1. The quantitative estimate of drug-likeness (QED) is 0.501. The van der Waals surface area contributed by atoms with E-state index in [9.17, 15) is 0 Å². The third-order valence-corrected chi connectivity index (χ3v) is 4.52. The lowest BCUT2D eigenvalue weighted by Crippen LogP contribution is -2.12. The van der Waals surface area contributed by atoms with Crippen LogP contribution in [0.3, 0.4) is 0 Å². The van der Waals surface area contributed by atoms with Crippen LogP contribution < -0.4 is 10.1 Å². The average molecular weight is 354 g/mol. The van der Waals surface area contributed by atoms with Crippen LogP contribution in [0.25, 0.3) is 10.8 Å². The third kappa shape index (κ3) is 4.72. The molecule has 1 N–H and O–H groups in total. The zero-order chi connectivity index (χ0) is 18.3. The topological polar surface area (TPSA) is 34.2 Å². The fraction of sp³-hybridized carbons (Fsp3) is 0.125. The van der Waals surface area contributed by atoms with Gasteiger partial charge in [0.15, 0.2) is 0 Å². The monoisotopic (exact) mass is 354 g/mol. The van der Waals surface area contributed by atoms with Gasteiger partial charge in [-0.05, 0) is 51.7 Å². The Hall–Kier alpha value is -3.17. The van der Waals surface area contributed by atoms with Crippen LogP contribution in [0.5, 0.6) is 5.75 Å². The van der Waals surface area contributed by atoms with Crippen molar-refractivity contribution in [2.45, 2.75) is 19.7 Å². The third-order valence-electron chi connectivity index (χ3n) is 4.52. The van der Waals surface area contributed by atoms with Gasteiger partial charge in [0.25, 0.3) is 0 Å². The van der Waals surface area contributed by atoms with Crippen LogP contribution in [0.15, 0.2) is 91.3 Å². The molecule has 4 aromatic rings. The van der Waals surface area contributed by atoms with Gasteiger partial charge in [-0.15, -0.1) is 0 Å². The van der Waals surface area contributed by atoms with Crippen LogP contribution in [0.2, 0.25) is 0 Å². The number of fused-ring (bicyclic) bond motifs is 1. The standard InChI is InChI=1S/C24H22N2O/c1-2-6-23-14-20(7-10-22(23)5-1)18-27-24-11-8-19(9-12-24)15-26-17-21-4-3-13-25-16-21/h1-14,16,26H,15,17-18H2. The minimum Gasteiger partial charge on any atom is -0.489 e. The molecule has 4 rings (SSSR count). The molecule has 0 spiro atoms. The first-order valence-corrected chi connectivity index (χ1v) is 9.16. The second-order valence-corrected chi connectivity index (χ2v) is 6.58. The zero-order valence-electron chi connectivity index (χ0n) is 15.1. The summed E-state index contributed by atoms with van der Waals surface area (Å²) in [5, 5.41) is 5.93. The van der Waals surface area contributed by atoms with Crippen molar-refractivity contribution in [1.29, 1.82) is 0 Å². The van der Waals surface area contributed by atoms with Crippen LogP contribution in [-0.4, -0.2) is 4.98 Å². The molecule has 27 heavy (non-hydrogen) atoms. The van der Waals surface area contributed by atoms with E-state index >= 15 is 0 Å². The summed E-state index contributed by atoms with van der Waals surface area (Å²) >= 11 is 0. The summed E-state index contributed by atoms with van der Waals surface area (Å²) < 4.78 is 5.94. The Morgan fingerprint density at radius 2 is 1.48 bits per heavy atom. The van der Waals surface area contributed by atoms with Gasteiger partial charge in [-0.3, -0.25) is 4.98 Å². The van der Waals surface area contributed by atoms with Gasteiger partial charge < -0.3 is 10.1 Å². The van der Waals surface area contributed by atoms with Crippen molar-refractivity contribution in [3.05, 3.63) is 108 Å². The summed E-state index contributed by atoms with van der Waals surface area (Å²) in [5.74, 6) is 0.888. The number of rotatable bonds is 7. The molecule has 0 unspecified atom stereocenters. The van der Waals surface area contributed by atoms with E-state index in [4.69, 9.17) is 4.74 Å². The van der Waals surface area contributed by atoms with Crippen LogP contribution in [-0.2, 0) is 19.7 Å². The maximum atomic E-state index is 5.94. The molecule has 0 saturated heterocycles. The summed E-state index contributed by atoms with van der Waals surface area (Å²) in [6.07, 6.45) is 3.68. The van der Waals surface area contributed by atoms with Gasteiger partial charge in [0.2, 0.25) is 0 Å². The van der Waals surface area contributed by atoms with E-state index in [0.717, 1.165) is 18.8 Å². The van der Waals surface area contributed by atoms with Crippen molar-refractivity contribution in [3.8, 4) is 5.75 Å². The number of nitrogens with one attached hydrogen (secondary N) is 1. The molecule has 0 atom stereocenters. The van der Waals surface area contributed by atoms with Crippen LogP contribution in [0, 0.1) is 0 Å². The van der Waals surface area contributed by atoms with Gasteiger partial charge >= 0.3 is 0 Å². The van der Waals surface area contributed by atoms with Crippen LogP contribution in [0.4, 0.5) is 0 Å². The Morgan fingerprint density at radius 3 is 2.30 bits per heavy atom. The van der Waals surface area contributed by atoms with Gasteiger partial charge in [-0.2, -0.15) is 0 Å². The molecular weight excluding hydrogens is 332 g/mol.